The number of anilines is 1. The summed E-state index contributed by atoms with van der Waals surface area (Å²) in [5, 5.41) is 2.87. The minimum Gasteiger partial charge on any atom is -0.352 e. The van der Waals surface area contributed by atoms with E-state index in [-0.39, 0.29) is 42.5 Å². The number of hydrogen-bond acceptors (Lipinski definition) is 6. The first-order valence-electron chi connectivity index (χ1n) is 12.4. The number of amides is 1. The van der Waals surface area contributed by atoms with Crippen molar-refractivity contribution in [2.75, 3.05) is 24.2 Å². The Bertz CT molecular complexity index is 1410. The lowest BCUT2D eigenvalue weighted by molar-refractivity contribution is -0.138. The van der Waals surface area contributed by atoms with Crippen molar-refractivity contribution >= 4 is 21.7 Å². The van der Waals surface area contributed by atoms with Gasteiger partial charge < -0.3 is 5.32 Å². The fourth-order valence-corrected chi connectivity index (χ4v) is 4.35. The van der Waals surface area contributed by atoms with E-state index >= 15 is 0 Å². The Morgan fingerprint density at radius 2 is 1.85 bits per heavy atom. The van der Waals surface area contributed by atoms with E-state index in [2.05, 4.69) is 34.1 Å². The molecule has 3 aromatic rings. The molecule has 0 aliphatic rings. The predicted octanol–water partition coefficient (Wildman–Crippen LogP) is 4.44. The van der Waals surface area contributed by atoms with E-state index in [0.717, 1.165) is 23.2 Å². The molecular formula is C27H32F3N5O3S. The van der Waals surface area contributed by atoms with Crippen LogP contribution in [-0.2, 0) is 35.5 Å². The highest BCUT2D eigenvalue weighted by atomic mass is 32.2. The summed E-state index contributed by atoms with van der Waals surface area (Å²) < 4.78 is 66.3. The van der Waals surface area contributed by atoms with Crippen LogP contribution in [0.4, 0.5) is 19.0 Å². The first kappa shape index (κ1) is 30.0. The number of pyridine rings is 1. The molecule has 0 aliphatic heterocycles. The molecule has 0 bridgehead atoms. The molecule has 0 saturated carbocycles. The summed E-state index contributed by atoms with van der Waals surface area (Å²) in [4.78, 5) is 24.8. The number of aromatic nitrogens is 3. The molecule has 0 fully saturated rings. The second-order valence-electron chi connectivity index (χ2n) is 9.68. The first-order valence-corrected chi connectivity index (χ1v) is 14.3. The van der Waals surface area contributed by atoms with Crippen LogP contribution in [-0.4, -0.2) is 49.1 Å². The summed E-state index contributed by atoms with van der Waals surface area (Å²) >= 11 is 0. The van der Waals surface area contributed by atoms with Gasteiger partial charge in [0.2, 0.25) is 10.0 Å². The third-order valence-corrected chi connectivity index (χ3v) is 7.24. The maximum Gasteiger partial charge on any atom is 0.419 e. The van der Waals surface area contributed by atoms with E-state index in [1.54, 1.807) is 36.4 Å². The molecule has 39 heavy (non-hydrogen) atoms. The molecule has 8 nitrogen and oxygen atoms in total. The molecule has 1 amide bonds. The Kier molecular flexibility index (Phi) is 9.65. The van der Waals surface area contributed by atoms with Gasteiger partial charge in [-0.25, -0.2) is 23.4 Å². The Labute approximate surface area is 226 Å². The van der Waals surface area contributed by atoms with Gasteiger partial charge in [-0.15, -0.1) is 0 Å². The van der Waals surface area contributed by atoms with Gasteiger partial charge in [-0.05, 0) is 54.5 Å². The van der Waals surface area contributed by atoms with E-state index in [4.69, 9.17) is 0 Å². The van der Waals surface area contributed by atoms with Crippen LogP contribution in [0.3, 0.4) is 0 Å². The zero-order valence-corrected chi connectivity index (χ0v) is 23.1. The van der Waals surface area contributed by atoms with Crippen LogP contribution in [0.2, 0.25) is 0 Å². The Balaban J connectivity index is 1.83. The van der Waals surface area contributed by atoms with Crippen LogP contribution in [0.15, 0.2) is 48.8 Å². The summed E-state index contributed by atoms with van der Waals surface area (Å²) in [6.45, 7) is 4.67. The first-order chi connectivity index (χ1) is 18.3. The van der Waals surface area contributed by atoms with Crippen molar-refractivity contribution in [3.63, 3.8) is 0 Å². The minimum absolute atomic E-state index is 0.0780. The van der Waals surface area contributed by atoms with Gasteiger partial charge in [0.1, 0.15) is 11.6 Å². The standard InChI is InChI=1S/C27H32F3N5O3S/c1-18(2)12-14-32-26(36)21-8-5-7-19(15-21)16-24-33-17-22(27(28,29)30)23(34-24)11-10-20-9-6-13-31-25(20)35(3)39(4,37)38/h5-9,13,15,17-18H,10-12,14,16H2,1-4H3,(H,32,36). The largest absolute Gasteiger partial charge is 0.419 e. The molecule has 1 aromatic carbocycles. The van der Waals surface area contributed by atoms with Crippen LogP contribution in [0.5, 0.6) is 0 Å². The van der Waals surface area contributed by atoms with Gasteiger partial charge in [0.05, 0.1) is 17.5 Å². The van der Waals surface area contributed by atoms with Crippen LogP contribution in [0, 0.1) is 5.92 Å². The predicted molar refractivity (Wildman–Crippen MR) is 143 cm³/mol. The number of halogens is 3. The number of nitrogens with one attached hydrogen (secondary N) is 1. The average Bonchev–Trinajstić information content (AvgIpc) is 2.86. The topological polar surface area (TPSA) is 105 Å². The summed E-state index contributed by atoms with van der Waals surface area (Å²) in [5.74, 6) is 0.548. The number of rotatable bonds is 11. The smallest absolute Gasteiger partial charge is 0.352 e. The Morgan fingerprint density at radius 3 is 2.51 bits per heavy atom. The molecule has 0 atom stereocenters. The van der Waals surface area contributed by atoms with Crippen LogP contribution < -0.4 is 9.62 Å². The number of alkyl halides is 3. The van der Waals surface area contributed by atoms with Crippen molar-refractivity contribution in [2.24, 2.45) is 5.92 Å². The van der Waals surface area contributed by atoms with Gasteiger partial charge >= 0.3 is 6.18 Å². The van der Waals surface area contributed by atoms with Gasteiger partial charge in [0.25, 0.3) is 5.91 Å². The quantitative estimate of drug-likeness (QED) is 0.370. The van der Waals surface area contributed by atoms with Crippen molar-refractivity contribution < 1.29 is 26.4 Å². The highest BCUT2D eigenvalue weighted by molar-refractivity contribution is 7.92. The molecule has 3 rings (SSSR count). The van der Waals surface area contributed by atoms with Crippen LogP contribution in [0.25, 0.3) is 0 Å². The molecule has 12 heteroatoms. The number of aryl methyl sites for hydroxylation is 2. The van der Waals surface area contributed by atoms with Crippen molar-refractivity contribution in [3.05, 3.63) is 82.6 Å². The fourth-order valence-electron chi connectivity index (χ4n) is 3.87. The minimum atomic E-state index is -4.66. The van der Waals surface area contributed by atoms with Crippen LogP contribution >= 0.6 is 0 Å². The van der Waals surface area contributed by atoms with E-state index in [9.17, 15) is 26.4 Å². The van der Waals surface area contributed by atoms with Gasteiger partial charge in [0.15, 0.2) is 0 Å². The summed E-state index contributed by atoms with van der Waals surface area (Å²) in [7, 11) is -2.28. The molecule has 2 aromatic heterocycles. The molecule has 0 aliphatic carbocycles. The second-order valence-corrected chi connectivity index (χ2v) is 11.7. The SMILES string of the molecule is CC(C)CCNC(=O)c1cccc(Cc2ncc(C(F)(F)F)c(CCc3cccnc3N(C)S(C)(=O)=O)n2)c1. The third kappa shape index (κ3) is 8.47. The molecule has 2 heterocycles. The molecule has 210 valence electrons. The van der Waals surface area contributed by atoms with E-state index in [0.29, 0.717) is 29.2 Å². The van der Waals surface area contributed by atoms with E-state index < -0.39 is 21.8 Å². The molecule has 0 unspecified atom stereocenters. The average molecular weight is 564 g/mol. The maximum atomic E-state index is 13.8. The van der Waals surface area contributed by atoms with Gasteiger partial charge in [-0.2, -0.15) is 13.2 Å². The van der Waals surface area contributed by atoms with Crippen molar-refractivity contribution in [1.29, 1.82) is 0 Å². The van der Waals surface area contributed by atoms with E-state index in [1.165, 1.54) is 13.2 Å². The normalized spacial score (nSPS) is 12.0. The number of sulfonamides is 1. The van der Waals surface area contributed by atoms with Gasteiger partial charge in [-0.3, -0.25) is 9.10 Å². The lowest BCUT2D eigenvalue weighted by Gasteiger charge is -2.19. The second kappa shape index (κ2) is 12.5. The molecule has 0 saturated heterocycles. The summed E-state index contributed by atoms with van der Waals surface area (Å²) in [6, 6.07) is 10.0. The lowest BCUT2D eigenvalue weighted by Crippen LogP contribution is -2.27. The number of carbonyl (C=O) groups excluding carboxylic acids is 1. The van der Waals surface area contributed by atoms with Crippen molar-refractivity contribution in [1.82, 2.24) is 20.3 Å². The zero-order chi connectivity index (χ0) is 28.8. The van der Waals surface area contributed by atoms with Crippen LogP contribution in [0.1, 0.15) is 58.8 Å². The van der Waals surface area contributed by atoms with E-state index in [1.807, 2.05) is 0 Å². The number of benzene rings is 1. The zero-order valence-electron chi connectivity index (χ0n) is 22.3. The maximum absolute atomic E-state index is 13.8. The fraction of sp³-hybridized carbons (Fsp3) is 0.407. The third-order valence-electron chi connectivity index (χ3n) is 6.08. The summed E-state index contributed by atoms with van der Waals surface area (Å²) in [6.07, 6.45) is -0.507. The number of carbonyl (C=O) groups is 1. The molecular weight excluding hydrogens is 531 g/mol. The van der Waals surface area contributed by atoms with Gasteiger partial charge in [-0.1, -0.05) is 32.0 Å². The highest BCUT2D eigenvalue weighted by Gasteiger charge is 2.35. The monoisotopic (exact) mass is 563 g/mol. The molecule has 0 spiro atoms. The van der Waals surface area contributed by atoms with Crippen molar-refractivity contribution in [3.8, 4) is 0 Å². The number of hydrogen-bond donors (Lipinski definition) is 1. The lowest BCUT2D eigenvalue weighted by atomic mass is 10.0. The Morgan fingerprint density at radius 1 is 1.10 bits per heavy atom. The summed E-state index contributed by atoms with van der Waals surface area (Å²) in [5.41, 5.74) is 0.442. The van der Waals surface area contributed by atoms with Gasteiger partial charge in [0, 0.05) is 38.0 Å². The molecule has 1 N–H and O–H groups in total. The van der Waals surface area contributed by atoms with Crippen molar-refractivity contribution in [2.45, 2.75) is 45.7 Å². The Hall–Kier alpha value is -3.54. The molecule has 0 radical (unpaired) electrons. The highest BCUT2D eigenvalue weighted by Crippen LogP contribution is 2.32. The number of nitrogens with zero attached hydrogens (tertiary/aromatic N) is 4.